The lowest BCUT2D eigenvalue weighted by molar-refractivity contribution is 0.442. The summed E-state index contributed by atoms with van der Waals surface area (Å²) in [6, 6.07) is 3.90. The van der Waals surface area contributed by atoms with Crippen molar-refractivity contribution in [3.8, 4) is 5.75 Å². The molecule has 1 N–H and O–H groups in total. The largest absolute Gasteiger partial charge is 0.507 e. The number of hydrogen-bond donors (Lipinski definition) is 1. The zero-order valence-corrected chi connectivity index (χ0v) is 14.1. The van der Waals surface area contributed by atoms with Crippen LogP contribution in [0.4, 0.5) is 0 Å². The van der Waals surface area contributed by atoms with Crippen molar-refractivity contribution in [3.63, 3.8) is 0 Å². The molecule has 0 aliphatic heterocycles. The van der Waals surface area contributed by atoms with E-state index in [1.807, 2.05) is 46.8 Å². The second kappa shape index (κ2) is 8.57. The van der Waals surface area contributed by atoms with E-state index in [0.29, 0.717) is 5.75 Å². The molecule has 100 valence electrons. The molecule has 0 spiro atoms. The van der Waals surface area contributed by atoms with E-state index < -0.39 is 0 Å². The fourth-order valence-electron chi connectivity index (χ4n) is 1.31. The first-order valence-electron chi connectivity index (χ1n) is 6.32. The van der Waals surface area contributed by atoms with Gasteiger partial charge < -0.3 is 5.11 Å². The van der Waals surface area contributed by atoms with Crippen LogP contribution in [-0.2, 0) is 5.41 Å². The number of aryl methyl sites for hydroxylation is 1. The zero-order chi connectivity index (χ0) is 14.2. The molecule has 0 radical (unpaired) electrons. The number of hydrogen-bond acceptors (Lipinski definition) is 1. The average Bonchev–Trinajstić information content (AvgIpc) is 2.27. The molecule has 0 unspecified atom stereocenters. The summed E-state index contributed by atoms with van der Waals surface area (Å²) >= 11 is 3.43. The Morgan fingerprint density at radius 2 is 1.41 bits per heavy atom. The van der Waals surface area contributed by atoms with Gasteiger partial charge in [-0.2, -0.15) is 0 Å². The lowest BCUT2D eigenvalue weighted by Gasteiger charge is -2.21. The first-order valence-corrected chi connectivity index (χ1v) is 7.11. The summed E-state index contributed by atoms with van der Waals surface area (Å²) in [5.74, 6) is 0.413. The number of rotatable bonds is 0. The Kier molecular flexibility index (Phi) is 9.51. The average molecular weight is 303 g/mol. The first-order chi connectivity index (χ1) is 7.82. The molecule has 2 heteroatoms. The van der Waals surface area contributed by atoms with E-state index in [9.17, 15) is 5.11 Å². The fourth-order valence-corrected chi connectivity index (χ4v) is 1.88. The predicted molar refractivity (Wildman–Crippen MR) is 81.9 cm³/mol. The molecule has 0 bridgehead atoms. The van der Waals surface area contributed by atoms with Crippen molar-refractivity contribution in [3.05, 3.63) is 27.7 Å². The second-order valence-electron chi connectivity index (χ2n) is 4.37. The molecule has 1 rings (SSSR count). The maximum absolute atomic E-state index is 9.84. The minimum Gasteiger partial charge on any atom is -0.507 e. The third-order valence-corrected chi connectivity index (χ3v) is 2.53. The number of halogens is 1. The van der Waals surface area contributed by atoms with Crippen LogP contribution in [0.25, 0.3) is 0 Å². The summed E-state index contributed by atoms with van der Waals surface area (Å²) in [7, 11) is 0. The maximum atomic E-state index is 9.84. The molecule has 0 aliphatic rings. The molecular formula is C15H27BrO. The SMILES string of the molecule is CC.CC.Cc1cc(Br)cc(C(C)(C)C)c1O. The first kappa shape index (κ1) is 18.9. The van der Waals surface area contributed by atoms with Gasteiger partial charge in [-0.15, -0.1) is 0 Å². The molecule has 0 saturated carbocycles. The van der Waals surface area contributed by atoms with Gasteiger partial charge in [0.05, 0.1) is 0 Å². The van der Waals surface area contributed by atoms with Gasteiger partial charge in [0.2, 0.25) is 0 Å². The summed E-state index contributed by atoms with van der Waals surface area (Å²) in [6.07, 6.45) is 0. The van der Waals surface area contributed by atoms with E-state index in [2.05, 4.69) is 36.7 Å². The predicted octanol–water partition coefficient (Wildman–Crippen LogP) is 5.81. The second-order valence-corrected chi connectivity index (χ2v) is 5.28. The molecular weight excluding hydrogens is 276 g/mol. The van der Waals surface area contributed by atoms with Gasteiger partial charge in [0, 0.05) is 10.0 Å². The number of phenols is 1. The van der Waals surface area contributed by atoms with E-state index in [0.717, 1.165) is 15.6 Å². The summed E-state index contributed by atoms with van der Waals surface area (Å²) < 4.78 is 1.02. The Morgan fingerprint density at radius 1 is 1.00 bits per heavy atom. The maximum Gasteiger partial charge on any atom is 0.122 e. The summed E-state index contributed by atoms with van der Waals surface area (Å²) in [6.45, 7) is 16.2. The van der Waals surface area contributed by atoms with Crippen molar-refractivity contribution in [1.29, 1.82) is 0 Å². The Morgan fingerprint density at radius 3 is 1.76 bits per heavy atom. The van der Waals surface area contributed by atoms with Gasteiger partial charge in [0.15, 0.2) is 0 Å². The van der Waals surface area contributed by atoms with E-state index in [4.69, 9.17) is 0 Å². The molecule has 0 fully saturated rings. The molecule has 0 aromatic heterocycles. The number of aromatic hydroxyl groups is 1. The van der Waals surface area contributed by atoms with Crippen LogP contribution in [0.15, 0.2) is 16.6 Å². The highest BCUT2D eigenvalue weighted by Gasteiger charge is 2.19. The van der Waals surface area contributed by atoms with Crippen LogP contribution in [0.1, 0.15) is 59.6 Å². The topological polar surface area (TPSA) is 20.2 Å². The van der Waals surface area contributed by atoms with Gasteiger partial charge in [-0.25, -0.2) is 0 Å². The lowest BCUT2D eigenvalue weighted by Crippen LogP contribution is -2.11. The van der Waals surface area contributed by atoms with Crippen molar-refractivity contribution in [2.24, 2.45) is 0 Å². The van der Waals surface area contributed by atoms with Crippen LogP contribution in [0.2, 0.25) is 0 Å². The smallest absolute Gasteiger partial charge is 0.122 e. The third kappa shape index (κ3) is 6.11. The summed E-state index contributed by atoms with van der Waals surface area (Å²) in [4.78, 5) is 0. The highest BCUT2D eigenvalue weighted by molar-refractivity contribution is 9.10. The Bertz CT molecular complexity index is 324. The number of benzene rings is 1. The Balaban J connectivity index is 0. The summed E-state index contributed by atoms with van der Waals surface area (Å²) in [5.41, 5.74) is 1.89. The van der Waals surface area contributed by atoms with Gasteiger partial charge in [0.1, 0.15) is 5.75 Å². The van der Waals surface area contributed by atoms with Gasteiger partial charge in [0.25, 0.3) is 0 Å². The molecule has 17 heavy (non-hydrogen) atoms. The van der Waals surface area contributed by atoms with Gasteiger partial charge in [-0.05, 0) is 30.0 Å². The molecule has 0 heterocycles. The normalized spacial score (nSPS) is 9.71. The van der Waals surface area contributed by atoms with Crippen LogP contribution in [-0.4, -0.2) is 5.11 Å². The zero-order valence-electron chi connectivity index (χ0n) is 12.5. The molecule has 1 nitrogen and oxygen atoms in total. The minimum atomic E-state index is -0.0153. The molecule has 0 saturated heterocycles. The lowest BCUT2D eigenvalue weighted by atomic mass is 9.85. The van der Waals surface area contributed by atoms with E-state index in [-0.39, 0.29) is 5.41 Å². The van der Waals surface area contributed by atoms with E-state index in [1.165, 1.54) is 0 Å². The van der Waals surface area contributed by atoms with Crippen molar-refractivity contribution in [2.45, 2.75) is 60.8 Å². The molecule has 0 atom stereocenters. The van der Waals surface area contributed by atoms with Crippen LogP contribution in [0.5, 0.6) is 5.75 Å². The fraction of sp³-hybridized carbons (Fsp3) is 0.600. The van der Waals surface area contributed by atoms with Crippen molar-refractivity contribution < 1.29 is 5.11 Å². The van der Waals surface area contributed by atoms with Gasteiger partial charge >= 0.3 is 0 Å². The van der Waals surface area contributed by atoms with E-state index in [1.54, 1.807) is 0 Å². The Hall–Kier alpha value is -0.500. The van der Waals surface area contributed by atoms with Gasteiger partial charge in [-0.3, -0.25) is 0 Å². The van der Waals surface area contributed by atoms with Crippen molar-refractivity contribution in [1.82, 2.24) is 0 Å². The minimum absolute atomic E-state index is 0.0153. The molecule has 0 aliphatic carbocycles. The third-order valence-electron chi connectivity index (χ3n) is 2.07. The standard InChI is InChI=1S/C11H15BrO.2C2H6/c1-7-5-8(12)6-9(10(7)13)11(2,3)4;2*1-2/h5-6,13H,1-4H3;2*1-2H3. The Labute approximate surface area is 115 Å². The highest BCUT2D eigenvalue weighted by atomic mass is 79.9. The van der Waals surface area contributed by atoms with Crippen molar-refractivity contribution in [2.75, 3.05) is 0 Å². The number of phenolic OH excluding ortho intramolecular Hbond substituents is 1. The molecule has 1 aromatic carbocycles. The van der Waals surface area contributed by atoms with Crippen LogP contribution < -0.4 is 0 Å². The van der Waals surface area contributed by atoms with Crippen LogP contribution in [0, 0.1) is 6.92 Å². The van der Waals surface area contributed by atoms with Crippen LogP contribution >= 0.6 is 15.9 Å². The molecule has 0 amide bonds. The monoisotopic (exact) mass is 302 g/mol. The highest BCUT2D eigenvalue weighted by Crippen LogP contribution is 2.35. The summed E-state index contributed by atoms with van der Waals surface area (Å²) in [5, 5.41) is 9.84. The van der Waals surface area contributed by atoms with Crippen molar-refractivity contribution >= 4 is 15.9 Å². The van der Waals surface area contributed by atoms with Gasteiger partial charge in [-0.1, -0.05) is 64.4 Å². The quantitative estimate of drug-likeness (QED) is 0.641. The van der Waals surface area contributed by atoms with Crippen LogP contribution in [0.3, 0.4) is 0 Å². The molecule has 1 aromatic rings. The van der Waals surface area contributed by atoms with E-state index >= 15 is 0 Å².